The fourth-order valence-electron chi connectivity index (χ4n) is 5.90. The minimum Gasteiger partial charge on any atom is -0.452 e. The maximum Gasteiger partial charge on any atom is 0.338 e. The van der Waals surface area contributed by atoms with Crippen molar-refractivity contribution >= 4 is 11.9 Å². The van der Waals surface area contributed by atoms with Crippen molar-refractivity contribution in [1.82, 2.24) is 9.88 Å². The van der Waals surface area contributed by atoms with E-state index in [0.29, 0.717) is 17.4 Å². The number of hydrogen-bond donors (Lipinski definition) is 1. The first-order valence-electron chi connectivity index (χ1n) is 10.4. The summed E-state index contributed by atoms with van der Waals surface area (Å²) < 4.78 is 7.22. The molecule has 5 heteroatoms. The number of amides is 1. The Hall–Kier alpha value is -2.56. The number of carbonyl (C=O) groups excluding carboxylic acids is 2. The lowest BCUT2D eigenvalue weighted by atomic mass is 9.54. The molecule has 4 fully saturated rings. The SMILES string of the molecule is O=C(COC(=O)c1cccc(-n2cccc2)c1)NC1C2CC3CC(C2)CC1C3. The van der Waals surface area contributed by atoms with Crippen molar-refractivity contribution < 1.29 is 14.3 Å². The fraction of sp³-hybridized carbons (Fsp3) is 0.478. The quantitative estimate of drug-likeness (QED) is 0.809. The number of nitrogens with one attached hydrogen (secondary N) is 1. The maximum absolute atomic E-state index is 12.4. The topological polar surface area (TPSA) is 60.3 Å². The molecular weight excluding hydrogens is 352 g/mol. The first kappa shape index (κ1) is 17.5. The van der Waals surface area contributed by atoms with Crippen molar-refractivity contribution in [3.8, 4) is 5.69 Å². The van der Waals surface area contributed by atoms with Crippen LogP contribution in [0.15, 0.2) is 48.8 Å². The van der Waals surface area contributed by atoms with Gasteiger partial charge in [0.1, 0.15) is 0 Å². The third-order valence-electron chi connectivity index (χ3n) is 6.87. The summed E-state index contributed by atoms with van der Waals surface area (Å²) in [4.78, 5) is 24.8. The zero-order valence-electron chi connectivity index (χ0n) is 15.9. The Labute approximate surface area is 165 Å². The van der Waals surface area contributed by atoms with Gasteiger partial charge in [0.25, 0.3) is 5.91 Å². The predicted octanol–water partition coefficient (Wildman–Crippen LogP) is 3.58. The number of carbonyl (C=O) groups is 2. The number of rotatable bonds is 5. The van der Waals surface area contributed by atoms with Gasteiger partial charge in [-0.25, -0.2) is 4.79 Å². The van der Waals surface area contributed by atoms with Crippen LogP contribution in [0.5, 0.6) is 0 Å². The molecule has 28 heavy (non-hydrogen) atoms. The number of hydrogen-bond acceptors (Lipinski definition) is 3. The van der Waals surface area contributed by atoms with Gasteiger partial charge >= 0.3 is 5.97 Å². The van der Waals surface area contributed by atoms with Crippen LogP contribution in [0.1, 0.15) is 42.5 Å². The van der Waals surface area contributed by atoms with Crippen LogP contribution in [0.4, 0.5) is 0 Å². The Kier molecular flexibility index (Phi) is 4.46. The Bertz CT molecular complexity index is 846. The number of nitrogens with zero attached hydrogens (tertiary/aromatic N) is 1. The molecule has 4 aliphatic rings. The van der Waals surface area contributed by atoms with E-state index >= 15 is 0 Å². The molecule has 146 valence electrons. The Morgan fingerprint density at radius 2 is 1.64 bits per heavy atom. The fourth-order valence-corrected chi connectivity index (χ4v) is 5.90. The lowest BCUT2D eigenvalue weighted by molar-refractivity contribution is -0.128. The van der Waals surface area contributed by atoms with Gasteiger partial charge in [-0.15, -0.1) is 0 Å². The summed E-state index contributed by atoms with van der Waals surface area (Å²) in [6, 6.07) is 11.4. The summed E-state index contributed by atoms with van der Waals surface area (Å²) in [5.74, 6) is 2.35. The Balaban J connectivity index is 1.17. The van der Waals surface area contributed by atoms with Crippen molar-refractivity contribution in [2.75, 3.05) is 6.61 Å². The summed E-state index contributed by atoms with van der Waals surface area (Å²) in [7, 11) is 0. The standard InChI is InChI=1S/C23H26N2O3/c26-21(24-22-18-9-15-8-16(11-18)12-19(22)10-15)14-28-23(27)17-4-3-5-20(13-17)25-6-1-2-7-25/h1-7,13,15-16,18-19,22H,8-12,14H2,(H,24,26). The third kappa shape index (κ3) is 3.34. The second kappa shape index (κ2) is 7.12. The van der Waals surface area contributed by atoms with E-state index in [4.69, 9.17) is 4.74 Å². The number of esters is 1. The average molecular weight is 378 g/mol. The van der Waals surface area contributed by atoms with Gasteiger partial charge in [0.2, 0.25) is 0 Å². The molecule has 1 N–H and O–H groups in total. The van der Waals surface area contributed by atoms with E-state index in [1.807, 2.05) is 41.2 Å². The number of ether oxygens (including phenoxy) is 1. The Morgan fingerprint density at radius 3 is 2.32 bits per heavy atom. The molecule has 5 nitrogen and oxygen atoms in total. The van der Waals surface area contributed by atoms with E-state index in [1.54, 1.807) is 12.1 Å². The lowest BCUT2D eigenvalue weighted by Crippen LogP contribution is -2.56. The molecular formula is C23H26N2O3. The molecule has 0 spiro atoms. The van der Waals surface area contributed by atoms with Gasteiger partial charge in [-0.2, -0.15) is 0 Å². The smallest absolute Gasteiger partial charge is 0.338 e. The number of aromatic nitrogens is 1. The van der Waals surface area contributed by atoms with Crippen molar-refractivity contribution in [3.63, 3.8) is 0 Å². The van der Waals surface area contributed by atoms with Crippen LogP contribution in [-0.2, 0) is 9.53 Å². The molecule has 1 aromatic carbocycles. The van der Waals surface area contributed by atoms with Gasteiger partial charge in [0.15, 0.2) is 6.61 Å². The molecule has 1 amide bonds. The highest BCUT2D eigenvalue weighted by atomic mass is 16.5. The highest BCUT2D eigenvalue weighted by molar-refractivity contribution is 5.91. The monoisotopic (exact) mass is 378 g/mol. The van der Waals surface area contributed by atoms with E-state index < -0.39 is 5.97 Å². The molecule has 4 saturated carbocycles. The molecule has 0 unspecified atom stereocenters. The first-order chi connectivity index (χ1) is 13.7. The molecule has 2 aromatic rings. The summed E-state index contributed by atoms with van der Waals surface area (Å²) in [6.45, 7) is -0.213. The van der Waals surface area contributed by atoms with Gasteiger partial charge in [0.05, 0.1) is 5.56 Å². The molecule has 0 aliphatic heterocycles. The molecule has 1 heterocycles. The van der Waals surface area contributed by atoms with E-state index in [0.717, 1.165) is 17.5 Å². The van der Waals surface area contributed by atoms with Crippen LogP contribution in [0.3, 0.4) is 0 Å². The second-order valence-electron chi connectivity index (χ2n) is 8.74. The van der Waals surface area contributed by atoms with Gasteiger partial charge in [-0.1, -0.05) is 6.07 Å². The van der Waals surface area contributed by atoms with E-state index in [-0.39, 0.29) is 18.6 Å². The van der Waals surface area contributed by atoms with Gasteiger partial charge in [-0.3, -0.25) is 4.79 Å². The summed E-state index contributed by atoms with van der Waals surface area (Å²) >= 11 is 0. The molecule has 4 aliphatic carbocycles. The molecule has 0 atom stereocenters. The summed E-state index contributed by atoms with van der Waals surface area (Å²) in [5.41, 5.74) is 1.34. The van der Waals surface area contributed by atoms with Crippen LogP contribution < -0.4 is 5.32 Å². The Morgan fingerprint density at radius 1 is 0.964 bits per heavy atom. The van der Waals surface area contributed by atoms with Crippen LogP contribution in [0, 0.1) is 23.7 Å². The highest BCUT2D eigenvalue weighted by Gasteiger charge is 2.48. The predicted molar refractivity (Wildman–Crippen MR) is 105 cm³/mol. The number of benzene rings is 1. The normalized spacial score (nSPS) is 30.2. The van der Waals surface area contributed by atoms with Gasteiger partial charge in [-0.05, 0) is 86.1 Å². The summed E-state index contributed by atoms with van der Waals surface area (Å²) in [5, 5.41) is 3.18. The average Bonchev–Trinajstić information content (AvgIpc) is 3.23. The van der Waals surface area contributed by atoms with Crippen molar-refractivity contribution in [2.24, 2.45) is 23.7 Å². The first-order valence-corrected chi connectivity index (χ1v) is 10.4. The highest BCUT2D eigenvalue weighted by Crippen LogP contribution is 2.53. The largest absolute Gasteiger partial charge is 0.452 e. The summed E-state index contributed by atoms with van der Waals surface area (Å²) in [6.07, 6.45) is 10.3. The lowest BCUT2D eigenvalue weighted by Gasteiger charge is -2.54. The second-order valence-corrected chi connectivity index (χ2v) is 8.74. The minimum absolute atomic E-state index is 0.174. The van der Waals surface area contributed by atoms with Crippen LogP contribution in [-0.4, -0.2) is 29.1 Å². The zero-order valence-corrected chi connectivity index (χ0v) is 15.9. The van der Waals surface area contributed by atoms with Crippen molar-refractivity contribution in [1.29, 1.82) is 0 Å². The van der Waals surface area contributed by atoms with Crippen molar-refractivity contribution in [2.45, 2.75) is 38.1 Å². The molecule has 0 saturated heterocycles. The molecule has 6 rings (SSSR count). The van der Waals surface area contributed by atoms with E-state index in [1.165, 1.54) is 32.1 Å². The van der Waals surface area contributed by atoms with Gasteiger partial charge < -0.3 is 14.6 Å². The van der Waals surface area contributed by atoms with Crippen LogP contribution in [0.25, 0.3) is 5.69 Å². The van der Waals surface area contributed by atoms with Crippen molar-refractivity contribution in [3.05, 3.63) is 54.4 Å². The van der Waals surface area contributed by atoms with Gasteiger partial charge in [0, 0.05) is 24.1 Å². The van der Waals surface area contributed by atoms with E-state index in [9.17, 15) is 9.59 Å². The molecule has 0 radical (unpaired) electrons. The molecule has 4 bridgehead atoms. The van der Waals surface area contributed by atoms with Crippen LogP contribution in [0.2, 0.25) is 0 Å². The maximum atomic E-state index is 12.4. The van der Waals surface area contributed by atoms with Crippen LogP contribution >= 0.6 is 0 Å². The molecule has 1 aromatic heterocycles. The minimum atomic E-state index is -0.464. The zero-order chi connectivity index (χ0) is 19.1. The third-order valence-corrected chi connectivity index (χ3v) is 6.87. The van der Waals surface area contributed by atoms with E-state index in [2.05, 4.69) is 5.32 Å².